The molecule has 1 aliphatic heterocycles. The van der Waals surface area contributed by atoms with Crippen molar-refractivity contribution in [3.05, 3.63) is 83.7 Å². The molecule has 1 aliphatic rings. The van der Waals surface area contributed by atoms with Crippen molar-refractivity contribution in [1.82, 2.24) is 5.32 Å². The smallest absolute Gasteiger partial charge is 0.251 e. The fraction of sp³-hybridized carbons (Fsp3) is 0.240. The highest BCUT2D eigenvalue weighted by atomic mass is 19.1. The van der Waals surface area contributed by atoms with Gasteiger partial charge in [-0.25, -0.2) is 4.39 Å². The standard InChI is InChI=1S/C25H25FN2O4/c1-25(15-31-21-9-7-20(30-2)8-10-21)16-32-23-11-6-18(13-22(23)28-25)24(29)27-14-17-4-3-5-19(26)12-17/h3-13,28H,14-16H2,1-2H3,(H,27,29). The largest absolute Gasteiger partial charge is 0.497 e. The summed E-state index contributed by atoms with van der Waals surface area (Å²) in [6.07, 6.45) is 0. The first-order chi connectivity index (χ1) is 15.4. The monoisotopic (exact) mass is 436 g/mol. The average molecular weight is 436 g/mol. The fourth-order valence-electron chi connectivity index (χ4n) is 3.42. The maximum atomic E-state index is 13.3. The SMILES string of the molecule is COc1ccc(OCC2(C)COc3ccc(C(=O)NCc4cccc(F)c4)cc3N2)cc1. The minimum absolute atomic E-state index is 0.241. The van der Waals surface area contributed by atoms with Crippen molar-refractivity contribution in [2.45, 2.75) is 19.0 Å². The first kappa shape index (κ1) is 21.5. The van der Waals surface area contributed by atoms with Crippen LogP contribution in [-0.4, -0.2) is 31.8 Å². The van der Waals surface area contributed by atoms with Gasteiger partial charge in [0.15, 0.2) is 0 Å². The molecule has 1 atom stereocenters. The Hall–Kier alpha value is -3.74. The highest BCUT2D eigenvalue weighted by molar-refractivity contribution is 5.95. The van der Waals surface area contributed by atoms with Gasteiger partial charge in [-0.15, -0.1) is 0 Å². The molecule has 0 spiro atoms. The molecule has 3 aromatic carbocycles. The zero-order chi connectivity index (χ0) is 22.6. The second-order valence-corrected chi connectivity index (χ2v) is 7.96. The summed E-state index contributed by atoms with van der Waals surface area (Å²) in [5.74, 6) is 1.59. The van der Waals surface area contributed by atoms with Crippen molar-refractivity contribution in [1.29, 1.82) is 0 Å². The summed E-state index contributed by atoms with van der Waals surface area (Å²) in [4.78, 5) is 12.6. The molecule has 0 saturated carbocycles. The van der Waals surface area contributed by atoms with Crippen LogP contribution >= 0.6 is 0 Å². The van der Waals surface area contributed by atoms with Crippen LogP contribution in [0.2, 0.25) is 0 Å². The Balaban J connectivity index is 1.39. The number of benzene rings is 3. The maximum Gasteiger partial charge on any atom is 0.251 e. The van der Waals surface area contributed by atoms with Gasteiger partial charge in [-0.1, -0.05) is 12.1 Å². The number of hydrogen-bond acceptors (Lipinski definition) is 5. The van der Waals surface area contributed by atoms with Gasteiger partial charge in [0.1, 0.15) is 41.8 Å². The third kappa shape index (κ3) is 5.11. The molecule has 0 bridgehead atoms. The minimum Gasteiger partial charge on any atom is -0.497 e. The number of amides is 1. The molecule has 32 heavy (non-hydrogen) atoms. The van der Waals surface area contributed by atoms with Crippen molar-refractivity contribution in [2.24, 2.45) is 0 Å². The number of carbonyl (C=O) groups is 1. The van der Waals surface area contributed by atoms with Crippen LogP contribution in [0.1, 0.15) is 22.8 Å². The number of hydrogen-bond donors (Lipinski definition) is 2. The summed E-state index contributed by atoms with van der Waals surface area (Å²) in [6.45, 7) is 3.03. The van der Waals surface area contributed by atoms with Crippen molar-refractivity contribution < 1.29 is 23.4 Å². The number of nitrogens with one attached hydrogen (secondary N) is 2. The highest BCUT2D eigenvalue weighted by Gasteiger charge is 2.32. The Bertz CT molecular complexity index is 1100. The zero-order valence-electron chi connectivity index (χ0n) is 18.0. The Morgan fingerprint density at radius 3 is 2.66 bits per heavy atom. The van der Waals surface area contributed by atoms with E-state index in [1.54, 1.807) is 37.4 Å². The van der Waals surface area contributed by atoms with E-state index >= 15 is 0 Å². The van der Waals surface area contributed by atoms with Gasteiger partial charge in [0.25, 0.3) is 5.91 Å². The summed E-state index contributed by atoms with van der Waals surface area (Å²) in [6, 6.07) is 18.8. The predicted octanol–water partition coefficient (Wildman–Crippen LogP) is 4.41. The lowest BCUT2D eigenvalue weighted by Crippen LogP contribution is -2.48. The Kier molecular flexibility index (Phi) is 6.16. The van der Waals surface area contributed by atoms with Crippen molar-refractivity contribution in [3.63, 3.8) is 0 Å². The van der Waals surface area contributed by atoms with E-state index in [4.69, 9.17) is 14.2 Å². The lowest BCUT2D eigenvalue weighted by Gasteiger charge is -2.36. The normalized spacial score (nSPS) is 16.8. The second kappa shape index (κ2) is 9.18. The van der Waals surface area contributed by atoms with E-state index in [1.807, 2.05) is 31.2 Å². The summed E-state index contributed by atoms with van der Waals surface area (Å²) in [5.41, 5.74) is 1.41. The number of rotatable bonds is 7. The lowest BCUT2D eigenvalue weighted by atomic mass is 10.0. The molecular weight excluding hydrogens is 411 g/mol. The van der Waals surface area contributed by atoms with Crippen LogP contribution in [-0.2, 0) is 6.54 Å². The van der Waals surface area contributed by atoms with E-state index in [0.29, 0.717) is 30.1 Å². The second-order valence-electron chi connectivity index (χ2n) is 7.96. The summed E-state index contributed by atoms with van der Waals surface area (Å²) >= 11 is 0. The molecule has 0 aromatic heterocycles. The van der Waals surface area contributed by atoms with Gasteiger partial charge in [-0.3, -0.25) is 4.79 Å². The van der Waals surface area contributed by atoms with Crippen LogP contribution in [0.4, 0.5) is 10.1 Å². The van der Waals surface area contributed by atoms with E-state index in [-0.39, 0.29) is 18.3 Å². The zero-order valence-corrected chi connectivity index (χ0v) is 18.0. The summed E-state index contributed by atoms with van der Waals surface area (Å²) in [7, 11) is 1.62. The molecule has 1 amide bonds. The molecule has 7 heteroatoms. The van der Waals surface area contributed by atoms with E-state index < -0.39 is 5.54 Å². The van der Waals surface area contributed by atoms with Gasteiger partial charge < -0.3 is 24.8 Å². The molecule has 1 unspecified atom stereocenters. The molecule has 3 aromatic rings. The van der Waals surface area contributed by atoms with Gasteiger partial charge in [-0.2, -0.15) is 0 Å². The average Bonchev–Trinajstić information content (AvgIpc) is 2.81. The first-order valence-electron chi connectivity index (χ1n) is 10.3. The van der Waals surface area contributed by atoms with E-state index in [1.165, 1.54) is 12.1 Å². The fourth-order valence-corrected chi connectivity index (χ4v) is 3.42. The molecule has 2 N–H and O–H groups in total. The number of methoxy groups -OCH3 is 1. The summed E-state index contributed by atoms with van der Waals surface area (Å²) < 4.78 is 30.3. The molecule has 0 aliphatic carbocycles. The molecule has 1 heterocycles. The Morgan fingerprint density at radius 2 is 1.91 bits per heavy atom. The highest BCUT2D eigenvalue weighted by Crippen LogP contribution is 2.34. The van der Waals surface area contributed by atoms with Crippen LogP contribution in [0.5, 0.6) is 17.2 Å². The molecule has 166 valence electrons. The van der Waals surface area contributed by atoms with Crippen molar-refractivity contribution in [3.8, 4) is 17.2 Å². The number of fused-ring (bicyclic) bond motifs is 1. The van der Waals surface area contributed by atoms with Gasteiger partial charge in [-0.05, 0) is 67.1 Å². The third-order valence-corrected chi connectivity index (χ3v) is 5.18. The van der Waals surface area contributed by atoms with Crippen molar-refractivity contribution >= 4 is 11.6 Å². The number of anilines is 1. The molecule has 0 radical (unpaired) electrons. The number of halogens is 1. The molecule has 6 nitrogen and oxygen atoms in total. The van der Waals surface area contributed by atoms with Gasteiger partial charge in [0.2, 0.25) is 0 Å². The molecular formula is C25H25FN2O4. The van der Waals surface area contributed by atoms with Crippen LogP contribution in [0.15, 0.2) is 66.7 Å². The van der Waals surface area contributed by atoms with Crippen LogP contribution in [0.25, 0.3) is 0 Å². The first-order valence-corrected chi connectivity index (χ1v) is 10.3. The molecule has 0 fully saturated rings. The number of carbonyl (C=O) groups excluding carboxylic acids is 1. The Labute approximate surface area is 186 Å². The van der Waals surface area contributed by atoms with E-state index in [0.717, 1.165) is 17.2 Å². The van der Waals surface area contributed by atoms with Gasteiger partial charge >= 0.3 is 0 Å². The van der Waals surface area contributed by atoms with Gasteiger partial charge in [0, 0.05) is 12.1 Å². The topological polar surface area (TPSA) is 68.8 Å². The van der Waals surface area contributed by atoms with E-state index in [2.05, 4.69) is 10.6 Å². The minimum atomic E-state index is -0.483. The molecule has 0 saturated heterocycles. The van der Waals surface area contributed by atoms with E-state index in [9.17, 15) is 9.18 Å². The third-order valence-electron chi connectivity index (χ3n) is 5.18. The van der Waals surface area contributed by atoms with Crippen LogP contribution in [0, 0.1) is 5.82 Å². The lowest BCUT2D eigenvalue weighted by molar-refractivity contribution is 0.0950. The number of ether oxygens (including phenoxy) is 3. The maximum absolute atomic E-state index is 13.3. The van der Waals surface area contributed by atoms with Crippen LogP contribution in [0.3, 0.4) is 0 Å². The van der Waals surface area contributed by atoms with Crippen molar-refractivity contribution in [2.75, 3.05) is 25.6 Å². The predicted molar refractivity (Wildman–Crippen MR) is 120 cm³/mol. The Morgan fingerprint density at radius 1 is 1.12 bits per heavy atom. The summed E-state index contributed by atoms with van der Waals surface area (Å²) in [5, 5.41) is 6.26. The van der Waals surface area contributed by atoms with Gasteiger partial charge in [0.05, 0.1) is 12.8 Å². The molecule has 4 rings (SSSR count). The quantitative estimate of drug-likeness (QED) is 0.574. The van der Waals surface area contributed by atoms with Crippen LogP contribution < -0.4 is 24.8 Å².